The van der Waals surface area contributed by atoms with Crippen molar-refractivity contribution in [3.63, 3.8) is 0 Å². The lowest BCUT2D eigenvalue weighted by molar-refractivity contribution is 0.102. The van der Waals surface area contributed by atoms with Gasteiger partial charge in [0.1, 0.15) is 0 Å². The molecule has 0 fully saturated rings. The fourth-order valence-electron chi connectivity index (χ4n) is 1.62. The third kappa shape index (κ3) is 3.12. The summed E-state index contributed by atoms with van der Waals surface area (Å²) < 4.78 is 14.0. The minimum absolute atomic E-state index is 0.291. The molecule has 3 nitrogen and oxygen atoms in total. The van der Waals surface area contributed by atoms with Gasteiger partial charge in [0, 0.05) is 21.8 Å². The normalized spacial score (nSPS) is 10.3. The molecule has 0 heterocycles. The Morgan fingerprint density at radius 1 is 1.26 bits per heavy atom. The number of amides is 1. The second-order valence-corrected chi connectivity index (χ2v) is 5.00. The summed E-state index contributed by atoms with van der Waals surface area (Å²) in [6.07, 6.45) is 0. The zero-order chi connectivity index (χ0) is 14.0. The van der Waals surface area contributed by atoms with Crippen LogP contribution in [0.1, 0.15) is 15.9 Å². The molecule has 0 saturated carbocycles. The van der Waals surface area contributed by atoms with E-state index in [1.54, 1.807) is 6.07 Å². The van der Waals surface area contributed by atoms with Crippen molar-refractivity contribution in [3.8, 4) is 5.75 Å². The Bertz CT molecular complexity index is 643. The molecule has 0 aliphatic rings. The van der Waals surface area contributed by atoms with Crippen molar-refractivity contribution in [3.05, 3.63) is 57.8 Å². The van der Waals surface area contributed by atoms with Gasteiger partial charge in [-0.15, -0.1) is 0 Å². The van der Waals surface area contributed by atoms with Crippen molar-refractivity contribution >= 4 is 27.5 Å². The lowest BCUT2D eigenvalue weighted by Gasteiger charge is -2.08. The van der Waals surface area contributed by atoms with Gasteiger partial charge in [-0.05, 0) is 36.8 Å². The van der Waals surface area contributed by atoms with Crippen molar-refractivity contribution in [2.45, 2.75) is 6.92 Å². The summed E-state index contributed by atoms with van der Waals surface area (Å²) in [5, 5.41) is 11.7. The Hall–Kier alpha value is -1.88. The van der Waals surface area contributed by atoms with Gasteiger partial charge in [0.05, 0.1) is 0 Å². The largest absolute Gasteiger partial charge is 0.505 e. The summed E-state index contributed by atoms with van der Waals surface area (Å²) in [6, 6.07) is 9.05. The maximum Gasteiger partial charge on any atom is 0.255 e. The van der Waals surface area contributed by atoms with E-state index in [1.807, 2.05) is 19.1 Å². The van der Waals surface area contributed by atoms with Crippen LogP contribution < -0.4 is 5.32 Å². The molecule has 0 unspecified atom stereocenters. The van der Waals surface area contributed by atoms with E-state index in [1.165, 1.54) is 12.1 Å². The Balaban J connectivity index is 2.25. The standard InChI is InChI=1S/C14H11BrFNO2/c1-8-2-3-9(15)6-11(8)14(19)17-10-4-5-13(18)12(16)7-10/h2-7,18H,1H3,(H,17,19). The second-order valence-electron chi connectivity index (χ2n) is 4.08. The van der Waals surface area contributed by atoms with Gasteiger partial charge in [-0.1, -0.05) is 22.0 Å². The van der Waals surface area contributed by atoms with Gasteiger partial charge in [-0.2, -0.15) is 0 Å². The van der Waals surface area contributed by atoms with Crippen LogP contribution in [-0.2, 0) is 0 Å². The molecule has 0 spiro atoms. The van der Waals surface area contributed by atoms with Crippen molar-refractivity contribution in [1.29, 1.82) is 0 Å². The van der Waals surface area contributed by atoms with Crippen molar-refractivity contribution in [1.82, 2.24) is 0 Å². The Kier molecular flexibility index (Phi) is 3.85. The minimum atomic E-state index is -0.774. The molecule has 0 bridgehead atoms. The Morgan fingerprint density at radius 3 is 2.68 bits per heavy atom. The van der Waals surface area contributed by atoms with Crippen LogP contribution in [0.5, 0.6) is 5.75 Å². The molecule has 2 rings (SSSR count). The van der Waals surface area contributed by atoms with Crippen molar-refractivity contribution in [2.24, 2.45) is 0 Å². The number of aryl methyl sites for hydroxylation is 1. The molecular weight excluding hydrogens is 313 g/mol. The van der Waals surface area contributed by atoms with Crippen molar-refractivity contribution in [2.75, 3.05) is 5.32 Å². The molecule has 2 aromatic carbocycles. The number of aromatic hydroxyl groups is 1. The SMILES string of the molecule is Cc1ccc(Br)cc1C(=O)Nc1ccc(O)c(F)c1. The van der Waals surface area contributed by atoms with Gasteiger partial charge in [0.15, 0.2) is 11.6 Å². The molecule has 0 aliphatic carbocycles. The number of carbonyl (C=O) groups is 1. The van der Waals surface area contributed by atoms with E-state index in [-0.39, 0.29) is 5.91 Å². The zero-order valence-electron chi connectivity index (χ0n) is 10.1. The number of hydrogen-bond acceptors (Lipinski definition) is 2. The highest BCUT2D eigenvalue weighted by Gasteiger charge is 2.11. The fourth-order valence-corrected chi connectivity index (χ4v) is 1.98. The fraction of sp³-hybridized carbons (Fsp3) is 0.0714. The monoisotopic (exact) mass is 323 g/mol. The quantitative estimate of drug-likeness (QED) is 0.824. The smallest absolute Gasteiger partial charge is 0.255 e. The molecule has 0 saturated heterocycles. The number of phenols is 1. The minimum Gasteiger partial charge on any atom is -0.505 e. The maximum absolute atomic E-state index is 13.2. The van der Waals surface area contributed by atoms with E-state index >= 15 is 0 Å². The summed E-state index contributed by atoms with van der Waals surface area (Å²) in [6.45, 7) is 1.82. The molecule has 0 atom stereocenters. The van der Waals surface area contributed by atoms with E-state index in [2.05, 4.69) is 21.2 Å². The maximum atomic E-state index is 13.2. The van der Waals surface area contributed by atoms with E-state index < -0.39 is 11.6 Å². The van der Waals surface area contributed by atoms with Crippen LogP contribution >= 0.6 is 15.9 Å². The van der Waals surface area contributed by atoms with E-state index in [9.17, 15) is 9.18 Å². The Labute approximate surface area is 118 Å². The summed E-state index contributed by atoms with van der Waals surface area (Å²) in [7, 11) is 0. The van der Waals surface area contributed by atoms with Crippen molar-refractivity contribution < 1.29 is 14.3 Å². The van der Waals surface area contributed by atoms with Crippen LogP contribution in [0, 0.1) is 12.7 Å². The summed E-state index contributed by atoms with van der Waals surface area (Å²) in [4.78, 5) is 12.1. The van der Waals surface area contributed by atoms with Crippen LogP contribution in [0.2, 0.25) is 0 Å². The number of rotatable bonds is 2. The first-order chi connectivity index (χ1) is 8.97. The first kappa shape index (κ1) is 13.5. The van der Waals surface area contributed by atoms with Crippen LogP contribution in [0.4, 0.5) is 10.1 Å². The number of hydrogen-bond donors (Lipinski definition) is 2. The molecule has 98 valence electrons. The number of anilines is 1. The van der Waals surface area contributed by atoms with E-state index in [0.717, 1.165) is 16.1 Å². The molecule has 5 heteroatoms. The van der Waals surface area contributed by atoms with E-state index in [4.69, 9.17) is 5.11 Å². The Morgan fingerprint density at radius 2 is 2.00 bits per heavy atom. The molecule has 0 aromatic heterocycles. The van der Waals surface area contributed by atoms with Gasteiger partial charge in [-0.25, -0.2) is 4.39 Å². The first-order valence-electron chi connectivity index (χ1n) is 5.53. The topological polar surface area (TPSA) is 49.3 Å². The molecule has 0 radical (unpaired) electrons. The molecule has 2 N–H and O–H groups in total. The third-order valence-corrected chi connectivity index (χ3v) is 3.14. The highest BCUT2D eigenvalue weighted by molar-refractivity contribution is 9.10. The van der Waals surface area contributed by atoms with Gasteiger partial charge in [0.2, 0.25) is 0 Å². The molecule has 0 aliphatic heterocycles. The van der Waals surface area contributed by atoms with Gasteiger partial charge in [-0.3, -0.25) is 4.79 Å². The number of phenolic OH excluding ortho intramolecular Hbond substituents is 1. The van der Waals surface area contributed by atoms with Crippen LogP contribution in [0.25, 0.3) is 0 Å². The summed E-state index contributed by atoms with van der Waals surface area (Å²) in [5.74, 6) is -1.55. The summed E-state index contributed by atoms with van der Waals surface area (Å²) in [5.41, 5.74) is 1.61. The lowest BCUT2D eigenvalue weighted by atomic mass is 10.1. The van der Waals surface area contributed by atoms with Gasteiger partial charge < -0.3 is 10.4 Å². The number of carbonyl (C=O) groups excluding carboxylic acids is 1. The molecule has 1 amide bonds. The average molecular weight is 324 g/mol. The van der Waals surface area contributed by atoms with Crippen LogP contribution in [0.3, 0.4) is 0 Å². The van der Waals surface area contributed by atoms with E-state index in [0.29, 0.717) is 11.3 Å². The van der Waals surface area contributed by atoms with Crippen LogP contribution in [0.15, 0.2) is 40.9 Å². The van der Waals surface area contributed by atoms with Gasteiger partial charge >= 0.3 is 0 Å². The number of halogens is 2. The second kappa shape index (κ2) is 5.40. The van der Waals surface area contributed by atoms with Crippen LogP contribution in [-0.4, -0.2) is 11.0 Å². The highest BCUT2D eigenvalue weighted by atomic mass is 79.9. The molecule has 19 heavy (non-hydrogen) atoms. The number of nitrogens with one attached hydrogen (secondary N) is 1. The molecule has 2 aromatic rings. The zero-order valence-corrected chi connectivity index (χ0v) is 11.7. The average Bonchev–Trinajstić information content (AvgIpc) is 2.36. The molecular formula is C14H11BrFNO2. The lowest BCUT2D eigenvalue weighted by Crippen LogP contribution is -2.13. The summed E-state index contributed by atoms with van der Waals surface area (Å²) >= 11 is 3.30. The third-order valence-electron chi connectivity index (χ3n) is 2.65. The first-order valence-corrected chi connectivity index (χ1v) is 6.32. The predicted molar refractivity (Wildman–Crippen MR) is 74.9 cm³/mol. The highest BCUT2D eigenvalue weighted by Crippen LogP contribution is 2.21. The van der Waals surface area contributed by atoms with Gasteiger partial charge in [0.25, 0.3) is 5.91 Å². The predicted octanol–water partition coefficient (Wildman–Crippen LogP) is 3.85. The number of benzene rings is 2.